The van der Waals surface area contributed by atoms with Crippen LogP contribution in [-0.4, -0.2) is 49.5 Å². The lowest BCUT2D eigenvalue weighted by Crippen LogP contribution is -2.43. The summed E-state index contributed by atoms with van der Waals surface area (Å²) in [6, 6.07) is 4.51. The van der Waals surface area contributed by atoms with Gasteiger partial charge in [-0.3, -0.25) is 4.90 Å². The van der Waals surface area contributed by atoms with Crippen molar-refractivity contribution in [2.75, 3.05) is 33.4 Å². The molecule has 18 heavy (non-hydrogen) atoms. The fraction of sp³-hybridized carbons (Fsp3) is 0.538. The number of hydrogen-bond donors (Lipinski definition) is 1. The van der Waals surface area contributed by atoms with Gasteiger partial charge in [0, 0.05) is 25.2 Å². The van der Waals surface area contributed by atoms with E-state index in [1.54, 1.807) is 13.2 Å². The van der Waals surface area contributed by atoms with E-state index < -0.39 is 0 Å². The van der Waals surface area contributed by atoms with Gasteiger partial charge in [-0.25, -0.2) is 4.39 Å². The molecule has 1 N–H and O–H groups in total. The molecule has 1 aromatic rings. The van der Waals surface area contributed by atoms with Crippen molar-refractivity contribution in [3.05, 3.63) is 29.6 Å². The van der Waals surface area contributed by atoms with Crippen LogP contribution < -0.4 is 4.74 Å². The average molecular weight is 255 g/mol. The zero-order chi connectivity index (χ0) is 13.0. The molecule has 0 spiro atoms. The highest BCUT2D eigenvalue weighted by atomic mass is 19.1. The zero-order valence-electron chi connectivity index (χ0n) is 10.4. The normalized spacial score (nSPS) is 20.9. The second-order valence-electron chi connectivity index (χ2n) is 4.37. The van der Waals surface area contributed by atoms with Gasteiger partial charge in [0.05, 0.1) is 26.4 Å². The first-order chi connectivity index (χ1) is 8.72. The summed E-state index contributed by atoms with van der Waals surface area (Å²) in [6.07, 6.45) is -0.154. The lowest BCUT2D eigenvalue weighted by Gasteiger charge is -2.32. The van der Waals surface area contributed by atoms with Crippen molar-refractivity contribution in [3.8, 4) is 5.75 Å². The van der Waals surface area contributed by atoms with Crippen molar-refractivity contribution in [3.63, 3.8) is 0 Å². The van der Waals surface area contributed by atoms with E-state index in [4.69, 9.17) is 14.6 Å². The summed E-state index contributed by atoms with van der Waals surface area (Å²) < 4.78 is 23.8. The fourth-order valence-electron chi connectivity index (χ4n) is 2.15. The lowest BCUT2D eigenvalue weighted by molar-refractivity contribution is -0.0552. The number of morpholine rings is 1. The van der Waals surface area contributed by atoms with E-state index in [0.717, 1.165) is 12.1 Å². The van der Waals surface area contributed by atoms with Gasteiger partial charge in [-0.2, -0.15) is 0 Å². The molecule has 0 amide bonds. The summed E-state index contributed by atoms with van der Waals surface area (Å²) >= 11 is 0. The summed E-state index contributed by atoms with van der Waals surface area (Å²) in [5, 5.41) is 9.08. The SMILES string of the molecule is COc1ccc(F)cc1CN1CCOC(CO)C1. The van der Waals surface area contributed by atoms with Gasteiger partial charge in [0.15, 0.2) is 0 Å². The van der Waals surface area contributed by atoms with E-state index in [-0.39, 0.29) is 18.5 Å². The molecule has 1 heterocycles. The van der Waals surface area contributed by atoms with Crippen LogP contribution in [0.2, 0.25) is 0 Å². The Hall–Kier alpha value is -1.17. The van der Waals surface area contributed by atoms with E-state index in [2.05, 4.69) is 4.90 Å². The van der Waals surface area contributed by atoms with Crippen LogP contribution in [0.15, 0.2) is 18.2 Å². The molecule has 2 rings (SSSR count). The Morgan fingerprint density at radius 3 is 3.11 bits per heavy atom. The number of methoxy groups -OCH3 is 1. The van der Waals surface area contributed by atoms with E-state index in [1.807, 2.05) is 0 Å². The number of aliphatic hydroxyl groups excluding tert-OH is 1. The number of rotatable bonds is 4. The van der Waals surface area contributed by atoms with Crippen molar-refractivity contribution >= 4 is 0 Å². The topological polar surface area (TPSA) is 41.9 Å². The fourth-order valence-corrected chi connectivity index (χ4v) is 2.15. The molecule has 0 radical (unpaired) electrons. The van der Waals surface area contributed by atoms with Crippen molar-refractivity contribution in [1.82, 2.24) is 4.90 Å². The molecule has 0 bridgehead atoms. The number of hydrogen-bond acceptors (Lipinski definition) is 4. The molecule has 5 heteroatoms. The predicted octanol–water partition coefficient (Wildman–Crippen LogP) is 1.03. The molecule has 1 aliphatic heterocycles. The summed E-state index contributed by atoms with van der Waals surface area (Å²) in [6.45, 7) is 2.62. The monoisotopic (exact) mass is 255 g/mol. The summed E-state index contributed by atoms with van der Waals surface area (Å²) in [4.78, 5) is 2.13. The van der Waals surface area contributed by atoms with Gasteiger partial charge >= 0.3 is 0 Å². The second kappa shape index (κ2) is 6.13. The molecule has 0 aromatic heterocycles. The smallest absolute Gasteiger partial charge is 0.123 e. The lowest BCUT2D eigenvalue weighted by atomic mass is 10.1. The number of ether oxygens (including phenoxy) is 2. The molecule has 1 saturated heterocycles. The van der Waals surface area contributed by atoms with Crippen molar-refractivity contribution in [1.29, 1.82) is 0 Å². The van der Waals surface area contributed by atoms with Crippen LogP contribution in [-0.2, 0) is 11.3 Å². The van der Waals surface area contributed by atoms with Gasteiger partial charge in [0.2, 0.25) is 0 Å². The van der Waals surface area contributed by atoms with E-state index in [1.165, 1.54) is 12.1 Å². The first kappa shape index (κ1) is 13.3. The quantitative estimate of drug-likeness (QED) is 0.872. The molecular weight excluding hydrogens is 237 g/mol. The minimum Gasteiger partial charge on any atom is -0.496 e. The van der Waals surface area contributed by atoms with Crippen LogP contribution in [0.3, 0.4) is 0 Å². The molecular formula is C13H18FNO3. The maximum Gasteiger partial charge on any atom is 0.123 e. The summed E-state index contributed by atoms with van der Waals surface area (Å²) in [5.74, 6) is 0.418. The Balaban J connectivity index is 2.06. The van der Waals surface area contributed by atoms with Gasteiger partial charge in [-0.15, -0.1) is 0 Å². The molecule has 1 fully saturated rings. The van der Waals surface area contributed by atoms with Crippen LogP contribution in [0.5, 0.6) is 5.75 Å². The largest absolute Gasteiger partial charge is 0.496 e. The van der Waals surface area contributed by atoms with Crippen molar-refractivity contribution < 1.29 is 19.0 Å². The van der Waals surface area contributed by atoms with Crippen LogP contribution in [0.4, 0.5) is 4.39 Å². The Kier molecular flexibility index (Phi) is 4.52. The number of aliphatic hydroxyl groups is 1. The van der Waals surface area contributed by atoms with Crippen LogP contribution in [0.25, 0.3) is 0 Å². The van der Waals surface area contributed by atoms with Gasteiger partial charge < -0.3 is 14.6 Å². The van der Waals surface area contributed by atoms with E-state index in [9.17, 15) is 4.39 Å². The molecule has 1 atom stereocenters. The van der Waals surface area contributed by atoms with Gasteiger partial charge in [0.1, 0.15) is 11.6 Å². The molecule has 4 nitrogen and oxygen atoms in total. The number of halogens is 1. The average Bonchev–Trinajstić information content (AvgIpc) is 2.39. The third kappa shape index (κ3) is 3.19. The van der Waals surface area contributed by atoms with Crippen LogP contribution in [0.1, 0.15) is 5.56 Å². The minimum atomic E-state index is -0.266. The Morgan fingerprint density at radius 1 is 1.56 bits per heavy atom. The highest BCUT2D eigenvalue weighted by molar-refractivity contribution is 5.33. The van der Waals surface area contributed by atoms with Crippen LogP contribution in [0, 0.1) is 5.82 Å². The Morgan fingerprint density at radius 2 is 2.39 bits per heavy atom. The van der Waals surface area contributed by atoms with Gasteiger partial charge in [-0.05, 0) is 18.2 Å². The zero-order valence-corrected chi connectivity index (χ0v) is 10.4. The highest BCUT2D eigenvalue weighted by Gasteiger charge is 2.20. The summed E-state index contributed by atoms with van der Waals surface area (Å²) in [5.41, 5.74) is 0.816. The second-order valence-corrected chi connectivity index (χ2v) is 4.37. The Bertz CT molecular complexity index is 400. The first-order valence-electron chi connectivity index (χ1n) is 6.00. The third-order valence-corrected chi connectivity index (χ3v) is 3.06. The highest BCUT2D eigenvalue weighted by Crippen LogP contribution is 2.22. The minimum absolute atomic E-state index is 0.0107. The number of benzene rings is 1. The molecule has 1 aromatic carbocycles. The van der Waals surface area contributed by atoms with Crippen molar-refractivity contribution in [2.45, 2.75) is 12.6 Å². The van der Waals surface area contributed by atoms with Gasteiger partial charge in [0.25, 0.3) is 0 Å². The molecule has 1 unspecified atom stereocenters. The van der Waals surface area contributed by atoms with E-state index >= 15 is 0 Å². The number of nitrogens with zero attached hydrogens (tertiary/aromatic N) is 1. The molecule has 0 saturated carbocycles. The first-order valence-corrected chi connectivity index (χ1v) is 6.00. The predicted molar refractivity (Wildman–Crippen MR) is 65.1 cm³/mol. The maximum absolute atomic E-state index is 13.2. The van der Waals surface area contributed by atoms with Crippen LogP contribution >= 0.6 is 0 Å². The Labute approximate surface area is 106 Å². The van der Waals surface area contributed by atoms with Gasteiger partial charge in [-0.1, -0.05) is 0 Å². The third-order valence-electron chi connectivity index (χ3n) is 3.06. The van der Waals surface area contributed by atoms with Crippen molar-refractivity contribution in [2.24, 2.45) is 0 Å². The molecule has 100 valence electrons. The summed E-state index contributed by atoms with van der Waals surface area (Å²) in [7, 11) is 1.58. The van der Waals surface area contributed by atoms with E-state index in [0.29, 0.717) is 25.4 Å². The maximum atomic E-state index is 13.2. The molecule has 0 aliphatic carbocycles. The standard InChI is InChI=1S/C13H18FNO3/c1-17-13-3-2-11(14)6-10(13)7-15-4-5-18-12(8-15)9-16/h2-3,6,12,16H,4-5,7-9H2,1H3. The molecule has 1 aliphatic rings.